The second-order valence-corrected chi connectivity index (χ2v) is 11.8. The van der Waals surface area contributed by atoms with Crippen LogP contribution in [0.1, 0.15) is 122 Å². The molecule has 53 heavy (non-hydrogen) atoms. The molecule has 1 amide bonds. The zero-order chi connectivity index (χ0) is 40.1. The van der Waals surface area contributed by atoms with E-state index in [0.29, 0.717) is 16.8 Å². The Hall–Kier alpha value is -4.73. The lowest BCUT2D eigenvalue weighted by atomic mass is 10.0. The van der Waals surface area contributed by atoms with Crippen molar-refractivity contribution >= 4 is 11.9 Å². The SMILES string of the molecule is C.C.CC(C)c1cc(C(=O)O)n(C)n1.Cc1c(CN)cccc1C(F)(F)F.Cc1c(CNC(=O)c2cc(C(C)C)nn2C)cccc1C(F)(F)F.[2H]CF. The molecule has 298 valence electrons. The molecule has 0 aliphatic carbocycles. The molecule has 2 heterocycles. The number of amides is 1. The summed E-state index contributed by atoms with van der Waals surface area (Å²) in [6.07, 6.45) is -8.69. The Morgan fingerprint density at radius 3 is 1.53 bits per heavy atom. The number of benzene rings is 2. The van der Waals surface area contributed by atoms with E-state index in [2.05, 4.69) is 15.5 Å². The number of hydrogen-bond donors (Lipinski definition) is 3. The highest BCUT2D eigenvalue weighted by molar-refractivity contribution is 5.92. The molecule has 0 atom stereocenters. The first-order chi connectivity index (χ1) is 24.0. The van der Waals surface area contributed by atoms with E-state index in [1.54, 1.807) is 38.4 Å². The van der Waals surface area contributed by atoms with Crippen molar-refractivity contribution in [1.82, 2.24) is 24.9 Å². The number of nitrogens with two attached hydrogens (primary N) is 1. The van der Waals surface area contributed by atoms with Crippen LogP contribution in [0, 0.1) is 13.8 Å². The first kappa shape index (κ1) is 48.3. The standard InChI is InChI=1S/C17H20F3N3O.C9H10F3N.C8H12N2O2.CH3F.2CH4/c1-10(2)14-8-15(23(4)22-14)16(24)21-9-12-6-5-7-13(11(12)3)17(18,19)20;1-6-7(5-13)3-2-4-8(6)9(10,11)12;1-5(2)6-4-7(8(11)12)10(3)9-6;1-2;;/h5-8,10H,9H2,1-4H3,(H,21,24);2-4H,5,13H2,1H3;4-5H,1-3H3,(H,11,12);1H3;2*1H4/i;;;1D;;. The van der Waals surface area contributed by atoms with Gasteiger partial charge in [0.2, 0.25) is 0 Å². The summed E-state index contributed by atoms with van der Waals surface area (Å²) in [5.41, 5.74) is 7.54. The predicted molar refractivity (Wildman–Crippen MR) is 193 cm³/mol. The van der Waals surface area contributed by atoms with E-state index < -0.39 is 36.6 Å². The fourth-order valence-corrected chi connectivity index (χ4v) is 4.62. The maximum absolute atomic E-state index is 12.9. The quantitative estimate of drug-likeness (QED) is 0.161. The van der Waals surface area contributed by atoms with Crippen LogP contribution in [-0.2, 0) is 39.5 Å². The van der Waals surface area contributed by atoms with Crippen molar-refractivity contribution in [2.24, 2.45) is 19.8 Å². The zero-order valence-electron chi connectivity index (χ0n) is 30.7. The van der Waals surface area contributed by atoms with Gasteiger partial charge in [-0.05, 0) is 72.2 Å². The summed E-state index contributed by atoms with van der Waals surface area (Å²) in [4.78, 5) is 22.9. The molecule has 0 unspecified atom stereocenters. The highest BCUT2D eigenvalue weighted by Gasteiger charge is 2.33. The average Bonchev–Trinajstić information content (AvgIpc) is 3.63. The van der Waals surface area contributed by atoms with E-state index in [0.717, 1.165) is 23.5 Å². The Balaban J connectivity index is 0. The molecule has 0 fully saturated rings. The van der Waals surface area contributed by atoms with Gasteiger partial charge >= 0.3 is 18.3 Å². The lowest BCUT2D eigenvalue weighted by Gasteiger charge is -2.14. The van der Waals surface area contributed by atoms with Gasteiger partial charge in [-0.3, -0.25) is 18.5 Å². The van der Waals surface area contributed by atoms with Gasteiger partial charge in [-0.2, -0.15) is 36.5 Å². The van der Waals surface area contributed by atoms with Crippen LogP contribution in [0.15, 0.2) is 48.5 Å². The number of nitrogens with zero attached hydrogens (tertiary/aromatic N) is 4. The smallest absolute Gasteiger partial charge is 0.416 e. The number of hydrogen-bond acceptors (Lipinski definition) is 5. The van der Waals surface area contributed by atoms with Crippen molar-refractivity contribution in [2.75, 3.05) is 7.15 Å². The number of aryl methyl sites for hydroxylation is 2. The van der Waals surface area contributed by atoms with Crippen LogP contribution in [0.25, 0.3) is 0 Å². The summed E-state index contributed by atoms with van der Waals surface area (Å²) in [6.45, 7) is 10.9. The van der Waals surface area contributed by atoms with Crippen molar-refractivity contribution in [2.45, 2.75) is 93.7 Å². The van der Waals surface area contributed by atoms with Crippen molar-refractivity contribution in [1.29, 1.82) is 0 Å². The number of rotatable bonds is 7. The second-order valence-electron chi connectivity index (χ2n) is 11.8. The molecule has 4 rings (SSSR count). The Morgan fingerprint density at radius 1 is 0.811 bits per heavy atom. The van der Waals surface area contributed by atoms with Crippen molar-refractivity contribution in [3.05, 3.63) is 105 Å². The predicted octanol–water partition coefficient (Wildman–Crippen LogP) is 9.37. The van der Waals surface area contributed by atoms with Gasteiger partial charge in [0.15, 0.2) is 0 Å². The normalized spacial score (nSPS) is 11.0. The average molecular weight is 764 g/mol. The maximum Gasteiger partial charge on any atom is 0.416 e. The maximum atomic E-state index is 12.9. The van der Waals surface area contributed by atoms with Gasteiger partial charge in [-0.1, -0.05) is 66.8 Å². The van der Waals surface area contributed by atoms with Gasteiger partial charge in [-0.15, -0.1) is 0 Å². The Labute approximate surface area is 308 Å². The van der Waals surface area contributed by atoms with E-state index >= 15 is 0 Å². The Kier molecular flexibility index (Phi) is 19.8. The fraction of sp³-hybridized carbons (Fsp3) is 0.459. The van der Waals surface area contributed by atoms with Gasteiger partial charge in [0.25, 0.3) is 5.91 Å². The highest BCUT2D eigenvalue weighted by atomic mass is 19.4. The molecule has 0 saturated heterocycles. The molecule has 2 aromatic carbocycles. The zero-order valence-corrected chi connectivity index (χ0v) is 29.7. The van der Waals surface area contributed by atoms with E-state index in [4.69, 9.17) is 12.2 Å². The van der Waals surface area contributed by atoms with E-state index in [-0.39, 0.29) is 62.5 Å². The van der Waals surface area contributed by atoms with Crippen LogP contribution in [-0.4, -0.2) is 43.7 Å². The van der Waals surface area contributed by atoms with Gasteiger partial charge in [0.05, 0.1) is 31.0 Å². The van der Waals surface area contributed by atoms with Crippen LogP contribution in [0.4, 0.5) is 30.7 Å². The number of halogens is 7. The molecule has 4 N–H and O–H groups in total. The lowest BCUT2D eigenvalue weighted by Crippen LogP contribution is -2.25. The molecule has 0 saturated carbocycles. The third-order valence-electron chi connectivity index (χ3n) is 7.59. The van der Waals surface area contributed by atoms with E-state index in [9.17, 15) is 40.3 Å². The molecule has 16 heteroatoms. The summed E-state index contributed by atoms with van der Waals surface area (Å²) in [5, 5.41) is 19.7. The minimum atomic E-state index is -4.40. The molecule has 0 aliphatic rings. The van der Waals surface area contributed by atoms with Crippen LogP contribution in [0.5, 0.6) is 0 Å². The molecule has 2 aromatic heterocycles. The van der Waals surface area contributed by atoms with Gasteiger partial charge < -0.3 is 16.2 Å². The van der Waals surface area contributed by atoms with Crippen LogP contribution < -0.4 is 11.1 Å². The highest BCUT2D eigenvalue weighted by Crippen LogP contribution is 2.33. The van der Waals surface area contributed by atoms with Gasteiger partial charge in [-0.25, -0.2) is 4.79 Å². The van der Waals surface area contributed by atoms with Crippen molar-refractivity contribution in [3.8, 4) is 0 Å². The number of carbonyl (C=O) groups is 2. The third-order valence-corrected chi connectivity index (χ3v) is 7.59. The molecule has 9 nitrogen and oxygen atoms in total. The Morgan fingerprint density at radius 2 is 1.19 bits per heavy atom. The monoisotopic (exact) mass is 763 g/mol. The minimum Gasteiger partial charge on any atom is -0.477 e. The summed E-state index contributed by atoms with van der Waals surface area (Å²) < 4.78 is 94.1. The number of aromatic nitrogens is 4. The topological polar surface area (TPSA) is 128 Å². The number of carboxylic acids is 1. The van der Waals surface area contributed by atoms with Crippen molar-refractivity contribution in [3.63, 3.8) is 0 Å². The molecule has 0 spiro atoms. The first-order valence-electron chi connectivity index (χ1n) is 16.2. The number of aromatic carboxylic acids is 1. The van der Waals surface area contributed by atoms with Gasteiger partial charge in [0.1, 0.15) is 11.4 Å². The minimum absolute atomic E-state index is 0. The molecule has 0 bridgehead atoms. The number of carboxylic acid groups (broad SMARTS) is 1. The molecule has 4 aromatic rings. The third kappa shape index (κ3) is 14.3. The summed E-state index contributed by atoms with van der Waals surface area (Å²) >= 11 is 0. The fourth-order valence-electron chi connectivity index (χ4n) is 4.62. The van der Waals surface area contributed by atoms with Crippen LogP contribution in [0.3, 0.4) is 0 Å². The largest absolute Gasteiger partial charge is 0.477 e. The number of carbonyl (C=O) groups excluding carboxylic acids is 1. The number of nitrogens with one attached hydrogen (secondary N) is 1. The van der Waals surface area contributed by atoms with Crippen molar-refractivity contribution < 1.29 is 46.8 Å². The molecule has 0 aliphatic heterocycles. The number of alkyl halides is 7. The van der Waals surface area contributed by atoms with Crippen LogP contribution in [0.2, 0.25) is 0 Å². The first-order valence-corrected chi connectivity index (χ1v) is 15.5. The Bertz CT molecular complexity index is 1770. The van der Waals surface area contributed by atoms with Crippen LogP contribution >= 0.6 is 0 Å². The summed E-state index contributed by atoms with van der Waals surface area (Å²) in [7, 11) is 2.30. The van der Waals surface area contributed by atoms with Gasteiger partial charge in [0, 0.05) is 27.2 Å². The molecular weight excluding hydrogens is 709 g/mol. The van der Waals surface area contributed by atoms with E-state index in [1.807, 2.05) is 27.7 Å². The second kappa shape index (κ2) is 21.7. The summed E-state index contributed by atoms with van der Waals surface area (Å²) in [5.74, 6) is -0.849. The molecule has 0 radical (unpaired) electrons. The molecular formula is C37H53F7N6O3. The lowest BCUT2D eigenvalue weighted by molar-refractivity contribution is -0.138. The summed E-state index contributed by atoms with van der Waals surface area (Å²) in [6, 6.07) is 11.3. The van der Waals surface area contributed by atoms with E-state index in [1.165, 1.54) is 35.3 Å².